The SMILES string of the molecule is Cc1ccc(O)c(N=C2NC(=O)/C(=C\c3cccs3)S2)c1. The van der Waals surface area contributed by atoms with Gasteiger partial charge >= 0.3 is 0 Å². The Balaban J connectivity index is 1.87. The van der Waals surface area contributed by atoms with Gasteiger partial charge in [0.2, 0.25) is 0 Å². The molecule has 1 amide bonds. The number of amides is 1. The number of carbonyl (C=O) groups is 1. The standard InChI is InChI=1S/C15H12N2O2S2/c1-9-4-5-12(18)11(7-9)16-15-17-14(19)13(21-15)8-10-3-2-6-20-10/h2-8,18H,1H3,(H,16,17,19)/b13-8+. The number of benzene rings is 1. The van der Waals surface area contributed by atoms with Crippen LogP contribution in [0.3, 0.4) is 0 Å². The minimum atomic E-state index is -0.167. The van der Waals surface area contributed by atoms with Crippen LogP contribution in [-0.2, 0) is 4.79 Å². The summed E-state index contributed by atoms with van der Waals surface area (Å²) in [6.07, 6.45) is 1.84. The predicted molar refractivity (Wildman–Crippen MR) is 88.0 cm³/mol. The lowest BCUT2D eigenvalue weighted by Gasteiger charge is -2.01. The van der Waals surface area contributed by atoms with Crippen molar-refractivity contribution in [3.63, 3.8) is 0 Å². The quantitative estimate of drug-likeness (QED) is 0.831. The third kappa shape index (κ3) is 3.17. The van der Waals surface area contributed by atoms with Crippen molar-refractivity contribution < 1.29 is 9.90 Å². The molecule has 0 radical (unpaired) electrons. The van der Waals surface area contributed by atoms with Crippen LogP contribution < -0.4 is 5.32 Å². The van der Waals surface area contributed by atoms with E-state index in [1.54, 1.807) is 23.5 Å². The number of hydrogen-bond acceptors (Lipinski definition) is 5. The lowest BCUT2D eigenvalue weighted by molar-refractivity contribution is -0.115. The van der Waals surface area contributed by atoms with Gasteiger partial charge in [0.25, 0.3) is 5.91 Å². The van der Waals surface area contributed by atoms with E-state index in [1.165, 1.54) is 11.8 Å². The van der Waals surface area contributed by atoms with Gasteiger partial charge in [-0.3, -0.25) is 4.79 Å². The van der Waals surface area contributed by atoms with Gasteiger partial charge in [-0.05, 0) is 53.9 Å². The van der Waals surface area contributed by atoms with Crippen molar-refractivity contribution in [2.75, 3.05) is 0 Å². The summed E-state index contributed by atoms with van der Waals surface area (Å²) < 4.78 is 0. The molecule has 1 fully saturated rings. The molecule has 2 N–H and O–H groups in total. The summed E-state index contributed by atoms with van der Waals surface area (Å²) in [6, 6.07) is 9.07. The summed E-state index contributed by atoms with van der Waals surface area (Å²) in [6.45, 7) is 1.92. The van der Waals surface area contributed by atoms with Gasteiger partial charge in [-0.25, -0.2) is 4.99 Å². The van der Waals surface area contributed by atoms with E-state index in [2.05, 4.69) is 10.3 Å². The third-order valence-corrected chi connectivity index (χ3v) is 4.55. The Morgan fingerprint density at radius 3 is 2.95 bits per heavy atom. The highest BCUT2D eigenvalue weighted by molar-refractivity contribution is 8.18. The first-order valence-electron chi connectivity index (χ1n) is 6.24. The van der Waals surface area contributed by atoms with E-state index in [-0.39, 0.29) is 11.7 Å². The number of amidine groups is 1. The number of phenolic OH excluding ortho intramolecular Hbond substituents is 1. The normalized spacial score (nSPS) is 18.4. The summed E-state index contributed by atoms with van der Waals surface area (Å²) in [7, 11) is 0. The molecule has 1 aromatic carbocycles. The summed E-state index contributed by atoms with van der Waals surface area (Å²) in [5, 5.41) is 14.9. The van der Waals surface area contributed by atoms with Crippen LogP contribution in [-0.4, -0.2) is 16.2 Å². The van der Waals surface area contributed by atoms with Crippen LogP contribution in [0.5, 0.6) is 5.75 Å². The zero-order valence-electron chi connectivity index (χ0n) is 11.2. The summed E-state index contributed by atoms with van der Waals surface area (Å²) in [4.78, 5) is 17.8. The van der Waals surface area contributed by atoms with Gasteiger partial charge in [0.15, 0.2) is 5.17 Å². The smallest absolute Gasteiger partial charge is 0.264 e. The molecule has 4 nitrogen and oxygen atoms in total. The summed E-state index contributed by atoms with van der Waals surface area (Å²) >= 11 is 2.84. The highest BCUT2D eigenvalue weighted by Gasteiger charge is 2.24. The van der Waals surface area contributed by atoms with Gasteiger partial charge < -0.3 is 10.4 Å². The highest BCUT2D eigenvalue weighted by Crippen LogP contribution is 2.32. The Kier molecular flexibility index (Phi) is 3.81. The largest absolute Gasteiger partial charge is 0.506 e. The average Bonchev–Trinajstić information content (AvgIpc) is 3.06. The molecule has 0 spiro atoms. The van der Waals surface area contributed by atoms with E-state index >= 15 is 0 Å². The second-order valence-electron chi connectivity index (χ2n) is 4.49. The Labute approximate surface area is 130 Å². The molecule has 0 saturated carbocycles. The lowest BCUT2D eigenvalue weighted by atomic mass is 10.2. The molecule has 0 atom stereocenters. The van der Waals surface area contributed by atoms with Gasteiger partial charge in [0, 0.05) is 4.88 Å². The van der Waals surface area contributed by atoms with Crippen molar-refractivity contribution in [1.82, 2.24) is 5.32 Å². The monoisotopic (exact) mass is 316 g/mol. The molecule has 6 heteroatoms. The summed E-state index contributed by atoms with van der Waals surface area (Å²) in [5.74, 6) is -0.0714. The molecule has 2 aromatic rings. The number of nitrogens with one attached hydrogen (secondary N) is 1. The van der Waals surface area contributed by atoms with Crippen molar-refractivity contribution in [1.29, 1.82) is 0 Å². The molecule has 0 aliphatic carbocycles. The van der Waals surface area contributed by atoms with Gasteiger partial charge in [0.05, 0.1) is 4.91 Å². The zero-order chi connectivity index (χ0) is 14.8. The molecule has 2 heterocycles. The molecule has 0 unspecified atom stereocenters. The maximum absolute atomic E-state index is 11.9. The number of carbonyl (C=O) groups excluding carboxylic acids is 1. The van der Waals surface area contributed by atoms with Crippen LogP contribution in [0.15, 0.2) is 45.6 Å². The predicted octanol–water partition coefficient (Wildman–Crippen LogP) is 3.65. The molecular weight excluding hydrogens is 304 g/mol. The Morgan fingerprint density at radius 2 is 2.19 bits per heavy atom. The second-order valence-corrected chi connectivity index (χ2v) is 6.50. The number of nitrogens with zero attached hydrogens (tertiary/aromatic N) is 1. The Bertz CT molecular complexity index is 749. The van der Waals surface area contributed by atoms with Crippen LogP contribution in [0.25, 0.3) is 6.08 Å². The van der Waals surface area contributed by atoms with E-state index in [9.17, 15) is 9.90 Å². The number of phenols is 1. The fourth-order valence-corrected chi connectivity index (χ4v) is 3.37. The molecule has 1 aliphatic heterocycles. The molecule has 3 rings (SSSR count). The van der Waals surface area contributed by atoms with E-state index in [0.717, 1.165) is 10.4 Å². The summed E-state index contributed by atoms with van der Waals surface area (Å²) in [5.41, 5.74) is 1.45. The van der Waals surface area contributed by atoms with Gasteiger partial charge in [0.1, 0.15) is 11.4 Å². The van der Waals surface area contributed by atoms with E-state index in [0.29, 0.717) is 15.8 Å². The van der Waals surface area contributed by atoms with Crippen molar-refractivity contribution >= 4 is 45.9 Å². The molecule has 106 valence electrons. The van der Waals surface area contributed by atoms with Crippen molar-refractivity contribution in [2.45, 2.75) is 6.92 Å². The number of aliphatic imine (C=N–C) groups is 1. The van der Waals surface area contributed by atoms with Gasteiger partial charge in [-0.15, -0.1) is 11.3 Å². The molecule has 0 bridgehead atoms. The number of aromatic hydroxyl groups is 1. The topological polar surface area (TPSA) is 61.7 Å². The van der Waals surface area contributed by atoms with Crippen molar-refractivity contribution in [2.24, 2.45) is 4.99 Å². The number of thioether (sulfide) groups is 1. The van der Waals surface area contributed by atoms with Crippen LogP contribution in [0.1, 0.15) is 10.4 Å². The third-order valence-electron chi connectivity index (χ3n) is 2.82. The van der Waals surface area contributed by atoms with Crippen LogP contribution >= 0.6 is 23.1 Å². The van der Waals surface area contributed by atoms with E-state index in [1.807, 2.05) is 36.6 Å². The number of rotatable bonds is 2. The highest BCUT2D eigenvalue weighted by atomic mass is 32.2. The first-order valence-corrected chi connectivity index (χ1v) is 7.94. The minimum Gasteiger partial charge on any atom is -0.506 e. The van der Waals surface area contributed by atoms with Gasteiger partial charge in [-0.2, -0.15) is 0 Å². The number of aryl methyl sites for hydroxylation is 1. The number of thiophene rings is 1. The van der Waals surface area contributed by atoms with Crippen molar-refractivity contribution in [3.8, 4) is 5.75 Å². The fraction of sp³-hybridized carbons (Fsp3) is 0.0667. The number of hydrogen-bond donors (Lipinski definition) is 2. The fourth-order valence-electron chi connectivity index (χ4n) is 1.82. The molecule has 1 aromatic heterocycles. The lowest BCUT2D eigenvalue weighted by Crippen LogP contribution is -2.19. The first-order chi connectivity index (χ1) is 10.1. The van der Waals surface area contributed by atoms with E-state index in [4.69, 9.17) is 0 Å². The van der Waals surface area contributed by atoms with Crippen LogP contribution in [0.4, 0.5) is 5.69 Å². The Hall–Kier alpha value is -2.05. The first kappa shape index (κ1) is 13.9. The maximum atomic E-state index is 11.9. The molecular formula is C15H12N2O2S2. The Morgan fingerprint density at radius 1 is 1.33 bits per heavy atom. The van der Waals surface area contributed by atoms with Gasteiger partial charge in [-0.1, -0.05) is 12.1 Å². The molecule has 21 heavy (non-hydrogen) atoms. The van der Waals surface area contributed by atoms with E-state index < -0.39 is 0 Å². The minimum absolute atomic E-state index is 0.0960. The average molecular weight is 316 g/mol. The molecule has 1 saturated heterocycles. The van der Waals surface area contributed by atoms with Crippen LogP contribution in [0.2, 0.25) is 0 Å². The van der Waals surface area contributed by atoms with Crippen LogP contribution in [0, 0.1) is 6.92 Å². The maximum Gasteiger partial charge on any atom is 0.264 e. The second kappa shape index (κ2) is 5.75. The van der Waals surface area contributed by atoms with Crippen molar-refractivity contribution in [3.05, 3.63) is 51.1 Å². The zero-order valence-corrected chi connectivity index (χ0v) is 12.8. The molecule has 1 aliphatic rings.